The van der Waals surface area contributed by atoms with Crippen LogP contribution in [-0.4, -0.2) is 23.7 Å². The number of ether oxygens (including phenoxy) is 1. The summed E-state index contributed by atoms with van der Waals surface area (Å²) < 4.78 is 5.37. The van der Waals surface area contributed by atoms with Gasteiger partial charge in [-0.2, -0.15) is 11.8 Å². The lowest BCUT2D eigenvalue weighted by Gasteiger charge is -2.23. The third-order valence-electron chi connectivity index (χ3n) is 3.41. The zero-order valence-corrected chi connectivity index (χ0v) is 10.6. The molecule has 1 fully saturated rings. The molecule has 1 saturated carbocycles. The first-order valence-electron chi connectivity index (χ1n) is 6.28. The predicted octanol–water partition coefficient (Wildman–Crippen LogP) is 2.19. The molecular formula is C12H22N2OS. The van der Waals surface area contributed by atoms with Gasteiger partial charge in [0.2, 0.25) is 0 Å². The monoisotopic (exact) mass is 242 g/mol. The van der Waals surface area contributed by atoms with E-state index in [9.17, 15) is 0 Å². The highest BCUT2D eigenvalue weighted by atomic mass is 32.2. The van der Waals surface area contributed by atoms with Gasteiger partial charge in [-0.3, -0.25) is 11.3 Å². The molecule has 1 unspecified atom stereocenters. The Hall–Kier alpha value is -0.190. The van der Waals surface area contributed by atoms with Crippen LogP contribution in [0, 0.1) is 0 Å². The van der Waals surface area contributed by atoms with Crippen LogP contribution in [-0.2, 0) is 4.74 Å². The summed E-state index contributed by atoms with van der Waals surface area (Å²) in [5, 5.41) is 0.862. The molecule has 0 spiro atoms. The minimum atomic E-state index is 0.297. The molecule has 1 aliphatic carbocycles. The molecule has 0 bridgehead atoms. The molecule has 2 rings (SSSR count). The molecular weight excluding hydrogens is 220 g/mol. The summed E-state index contributed by atoms with van der Waals surface area (Å²) in [6.45, 7) is 0.858. The molecule has 0 amide bonds. The van der Waals surface area contributed by atoms with E-state index < -0.39 is 0 Å². The molecule has 1 atom stereocenters. The van der Waals surface area contributed by atoms with E-state index in [1.165, 1.54) is 31.3 Å². The smallest absolute Gasteiger partial charge is 0.0876 e. The Balaban J connectivity index is 1.77. The number of hydrazine groups is 1. The first kappa shape index (κ1) is 12.3. The molecule has 1 aliphatic heterocycles. The molecule has 4 heteroatoms. The van der Waals surface area contributed by atoms with Crippen LogP contribution >= 0.6 is 11.8 Å². The fraction of sp³-hybridized carbons (Fsp3) is 0.833. The van der Waals surface area contributed by atoms with Gasteiger partial charge in [0, 0.05) is 11.0 Å². The van der Waals surface area contributed by atoms with E-state index in [1.54, 1.807) is 0 Å². The van der Waals surface area contributed by atoms with Gasteiger partial charge in [0.05, 0.1) is 18.9 Å². The van der Waals surface area contributed by atoms with Gasteiger partial charge in [0.1, 0.15) is 0 Å². The Morgan fingerprint density at radius 3 is 2.88 bits per heavy atom. The van der Waals surface area contributed by atoms with Crippen molar-refractivity contribution in [2.75, 3.05) is 12.4 Å². The lowest BCUT2D eigenvalue weighted by Crippen LogP contribution is -2.39. The lowest BCUT2D eigenvalue weighted by atomic mass is 10.0. The summed E-state index contributed by atoms with van der Waals surface area (Å²) >= 11 is 2.07. The van der Waals surface area contributed by atoms with Crippen LogP contribution in [0.1, 0.15) is 38.5 Å². The van der Waals surface area contributed by atoms with Crippen molar-refractivity contribution in [3.05, 3.63) is 11.8 Å². The quantitative estimate of drug-likeness (QED) is 0.573. The van der Waals surface area contributed by atoms with Crippen LogP contribution in [0.5, 0.6) is 0 Å². The first-order chi connectivity index (χ1) is 7.90. The third kappa shape index (κ3) is 3.40. The average molecular weight is 242 g/mol. The number of thioether (sulfide) groups is 1. The third-order valence-corrected chi connectivity index (χ3v) is 4.88. The van der Waals surface area contributed by atoms with Crippen molar-refractivity contribution in [3.63, 3.8) is 0 Å². The maximum Gasteiger partial charge on any atom is 0.0876 e. The molecule has 3 nitrogen and oxygen atoms in total. The maximum atomic E-state index is 5.63. The van der Waals surface area contributed by atoms with E-state index in [0.717, 1.165) is 30.5 Å². The van der Waals surface area contributed by atoms with Crippen molar-refractivity contribution in [1.82, 2.24) is 5.43 Å². The number of nitrogens with two attached hydrogens (primary N) is 1. The van der Waals surface area contributed by atoms with Crippen LogP contribution in [0.15, 0.2) is 11.8 Å². The van der Waals surface area contributed by atoms with Crippen molar-refractivity contribution in [3.8, 4) is 0 Å². The van der Waals surface area contributed by atoms with E-state index in [0.29, 0.717) is 6.04 Å². The number of hydrogen-bond donors (Lipinski definition) is 2. The van der Waals surface area contributed by atoms with Crippen LogP contribution < -0.4 is 11.3 Å². The van der Waals surface area contributed by atoms with E-state index in [2.05, 4.69) is 17.2 Å². The Morgan fingerprint density at radius 2 is 2.25 bits per heavy atom. The van der Waals surface area contributed by atoms with Crippen LogP contribution in [0.25, 0.3) is 0 Å². The van der Waals surface area contributed by atoms with Crippen LogP contribution in [0.3, 0.4) is 0 Å². The predicted molar refractivity (Wildman–Crippen MR) is 69.1 cm³/mol. The summed E-state index contributed by atoms with van der Waals surface area (Å²) in [5.74, 6) is 6.71. The first-order valence-corrected chi connectivity index (χ1v) is 7.33. The molecule has 0 aromatic carbocycles. The standard InChI is InChI=1S/C12H22N2OS/c13-14-12(10-4-3-7-15-8-10)9-16-11-5-1-2-6-11/h8,11-12,14H,1-7,9,13H2. The topological polar surface area (TPSA) is 47.3 Å². The van der Waals surface area contributed by atoms with Gasteiger partial charge < -0.3 is 4.74 Å². The van der Waals surface area contributed by atoms with Gasteiger partial charge in [-0.25, -0.2) is 0 Å². The van der Waals surface area contributed by atoms with Crippen molar-refractivity contribution in [1.29, 1.82) is 0 Å². The molecule has 0 saturated heterocycles. The molecule has 16 heavy (non-hydrogen) atoms. The van der Waals surface area contributed by atoms with E-state index in [4.69, 9.17) is 10.6 Å². The largest absolute Gasteiger partial charge is 0.501 e. The highest BCUT2D eigenvalue weighted by molar-refractivity contribution is 7.99. The Bertz CT molecular complexity index is 239. The molecule has 0 radical (unpaired) electrons. The van der Waals surface area contributed by atoms with Crippen LogP contribution in [0.4, 0.5) is 0 Å². The van der Waals surface area contributed by atoms with E-state index in [-0.39, 0.29) is 0 Å². The van der Waals surface area contributed by atoms with Gasteiger partial charge in [0.15, 0.2) is 0 Å². The SMILES string of the molecule is NNC(CSC1CCCC1)C1=COCCC1. The highest BCUT2D eigenvalue weighted by Crippen LogP contribution is 2.31. The number of rotatable bonds is 5. The van der Waals surface area contributed by atoms with Gasteiger partial charge >= 0.3 is 0 Å². The zero-order valence-electron chi connectivity index (χ0n) is 9.78. The van der Waals surface area contributed by atoms with E-state index in [1.807, 2.05) is 6.26 Å². The minimum Gasteiger partial charge on any atom is -0.501 e. The summed E-state index contributed by atoms with van der Waals surface area (Å²) in [6, 6.07) is 0.297. The summed E-state index contributed by atoms with van der Waals surface area (Å²) in [5.41, 5.74) is 4.26. The maximum absolute atomic E-state index is 5.63. The van der Waals surface area contributed by atoms with Gasteiger partial charge in [-0.05, 0) is 31.3 Å². The lowest BCUT2D eigenvalue weighted by molar-refractivity contribution is 0.220. The fourth-order valence-corrected chi connectivity index (χ4v) is 3.83. The molecule has 92 valence electrons. The summed E-state index contributed by atoms with van der Waals surface area (Å²) in [4.78, 5) is 0. The Kier molecular flexibility index (Phi) is 5.00. The average Bonchev–Trinajstić information content (AvgIpc) is 2.84. The molecule has 0 aromatic heterocycles. The van der Waals surface area contributed by atoms with E-state index >= 15 is 0 Å². The second-order valence-electron chi connectivity index (χ2n) is 4.63. The summed E-state index contributed by atoms with van der Waals surface area (Å²) in [7, 11) is 0. The number of nitrogens with one attached hydrogen (secondary N) is 1. The second-order valence-corrected chi connectivity index (χ2v) is 5.96. The fourth-order valence-electron chi connectivity index (χ4n) is 2.39. The van der Waals surface area contributed by atoms with Crippen molar-refractivity contribution in [2.45, 2.75) is 49.8 Å². The van der Waals surface area contributed by atoms with Crippen LogP contribution in [0.2, 0.25) is 0 Å². The second kappa shape index (κ2) is 6.52. The molecule has 1 heterocycles. The minimum absolute atomic E-state index is 0.297. The van der Waals surface area contributed by atoms with Crippen molar-refractivity contribution < 1.29 is 4.74 Å². The summed E-state index contributed by atoms with van der Waals surface area (Å²) in [6.07, 6.45) is 9.74. The molecule has 2 aliphatic rings. The Morgan fingerprint density at radius 1 is 1.44 bits per heavy atom. The van der Waals surface area contributed by atoms with Crippen molar-refractivity contribution in [2.24, 2.45) is 5.84 Å². The van der Waals surface area contributed by atoms with Crippen molar-refractivity contribution >= 4 is 11.8 Å². The normalized spacial score (nSPS) is 23.9. The Labute approximate surface area is 102 Å². The van der Waals surface area contributed by atoms with Gasteiger partial charge in [0.25, 0.3) is 0 Å². The highest BCUT2D eigenvalue weighted by Gasteiger charge is 2.20. The molecule has 3 N–H and O–H groups in total. The zero-order chi connectivity index (χ0) is 11.2. The van der Waals surface area contributed by atoms with Gasteiger partial charge in [-0.15, -0.1) is 0 Å². The van der Waals surface area contributed by atoms with Gasteiger partial charge in [-0.1, -0.05) is 12.8 Å². The molecule has 0 aromatic rings. The number of hydrogen-bond acceptors (Lipinski definition) is 4.